The number of amides is 1. The third kappa shape index (κ3) is 5.74. The number of piperidine rings is 1. The summed E-state index contributed by atoms with van der Waals surface area (Å²) in [5.41, 5.74) is 0.788. The highest BCUT2D eigenvalue weighted by molar-refractivity contribution is 5.82. The molecule has 1 unspecified atom stereocenters. The van der Waals surface area contributed by atoms with Gasteiger partial charge in [0.05, 0.1) is 19.3 Å². The SMILES string of the molecule is CNC(CCCC1(c2ccc(F)cc2)OCCO1)C(=O)N1CCC(Oc2ccccc2F)CC1. The third-order valence-electron chi connectivity index (χ3n) is 6.57. The minimum absolute atomic E-state index is 0.0518. The number of rotatable bonds is 9. The molecule has 1 amide bonds. The van der Waals surface area contributed by atoms with Crippen molar-refractivity contribution in [3.8, 4) is 5.75 Å². The highest BCUT2D eigenvalue weighted by Crippen LogP contribution is 2.36. The standard InChI is InChI=1S/C26H32F2N2O4/c1-29-23(6-4-14-26(32-17-18-33-26)19-8-10-20(27)11-9-19)25(31)30-15-12-21(13-16-30)34-24-7-3-2-5-22(24)28/h2-3,5,7-11,21,23,29H,4,6,12-18H2,1H3. The van der Waals surface area contributed by atoms with Gasteiger partial charge in [-0.3, -0.25) is 4.79 Å². The predicted octanol–water partition coefficient (Wildman–Crippen LogP) is 3.99. The molecule has 0 bridgehead atoms. The van der Waals surface area contributed by atoms with Crippen molar-refractivity contribution >= 4 is 5.91 Å². The zero-order valence-corrected chi connectivity index (χ0v) is 19.5. The Morgan fingerprint density at radius 2 is 1.79 bits per heavy atom. The van der Waals surface area contributed by atoms with Gasteiger partial charge in [-0.1, -0.05) is 24.3 Å². The Hall–Kier alpha value is -2.55. The minimum atomic E-state index is -0.891. The Morgan fingerprint density at radius 1 is 1.12 bits per heavy atom. The Balaban J connectivity index is 1.27. The molecule has 2 aromatic rings. The normalized spacial score (nSPS) is 19.2. The first-order valence-corrected chi connectivity index (χ1v) is 11.9. The molecule has 2 fully saturated rings. The number of hydrogen-bond acceptors (Lipinski definition) is 5. The van der Waals surface area contributed by atoms with Gasteiger partial charge in [-0.25, -0.2) is 8.78 Å². The lowest BCUT2D eigenvalue weighted by Crippen LogP contribution is -2.49. The Bertz CT molecular complexity index is 942. The number of ether oxygens (including phenoxy) is 3. The summed E-state index contributed by atoms with van der Waals surface area (Å²) >= 11 is 0. The summed E-state index contributed by atoms with van der Waals surface area (Å²) in [6.45, 7) is 2.11. The molecule has 0 radical (unpaired) electrons. The maximum Gasteiger partial charge on any atom is 0.239 e. The van der Waals surface area contributed by atoms with E-state index in [1.54, 1.807) is 37.4 Å². The molecule has 34 heavy (non-hydrogen) atoms. The van der Waals surface area contributed by atoms with Crippen LogP contribution in [0.4, 0.5) is 8.78 Å². The summed E-state index contributed by atoms with van der Waals surface area (Å²) in [6, 6.07) is 12.3. The van der Waals surface area contributed by atoms with Crippen LogP contribution in [0, 0.1) is 11.6 Å². The van der Waals surface area contributed by atoms with E-state index in [-0.39, 0.29) is 35.4 Å². The van der Waals surface area contributed by atoms with E-state index in [0.29, 0.717) is 58.4 Å². The molecule has 2 aliphatic heterocycles. The summed E-state index contributed by atoms with van der Waals surface area (Å²) < 4.78 is 44.9. The molecule has 0 aromatic heterocycles. The van der Waals surface area contributed by atoms with Gasteiger partial charge in [-0.05, 0) is 44.2 Å². The maximum absolute atomic E-state index is 13.9. The minimum Gasteiger partial charge on any atom is -0.487 e. The van der Waals surface area contributed by atoms with Crippen molar-refractivity contribution in [2.75, 3.05) is 33.4 Å². The van der Waals surface area contributed by atoms with E-state index in [0.717, 1.165) is 5.56 Å². The number of benzene rings is 2. The smallest absolute Gasteiger partial charge is 0.239 e. The average Bonchev–Trinajstić information content (AvgIpc) is 3.34. The van der Waals surface area contributed by atoms with Gasteiger partial charge in [0.1, 0.15) is 11.9 Å². The van der Waals surface area contributed by atoms with Crippen molar-refractivity contribution in [3.63, 3.8) is 0 Å². The summed E-state index contributed by atoms with van der Waals surface area (Å²) in [5, 5.41) is 3.14. The van der Waals surface area contributed by atoms with Gasteiger partial charge in [0.25, 0.3) is 0 Å². The van der Waals surface area contributed by atoms with Crippen LogP contribution in [0.25, 0.3) is 0 Å². The fourth-order valence-electron chi connectivity index (χ4n) is 4.68. The van der Waals surface area contributed by atoms with Crippen LogP contribution in [-0.2, 0) is 20.1 Å². The average molecular weight is 475 g/mol. The molecular formula is C26H32F2N2O4. The highest BCUT2D eigenvalue weighted by Gasteiger charge is 2.38. The van der Waals surface area contributed by atoms with Gasteiger partial charge < -0.3 is 24.4 Å². The molecule has 0 spiro atoms. The van der Waals surface area contributed by atoms with Crippen molar-refractivity contribution < 1.29 is 27.8 Å². The highest BCUT2D eigenvalue weighted by atomic mass is 19.1. The quantitative estimate of drug-likeness (QED) is 0.596. The number of carbonyl (C=O) groups excluding carboxylic acids is 1. The van der Waals surface area contributed by atoms with E-state index in [9.17, 15) is 13.6 Å². The number of likely N-dealkylation sites (N-methyl/N-ethyl adjacent to an activating group) is 1. The van der Waals surface area contributed by atoms with Crippen LogP contribution in [0.3, 0.4) is 0 Å². The maximum atomic E-state index is 13.9. The van der Waals surface area contributed by atoms with E-state index >= 15 is 0 Å². The van der Waals surface area contributed by atoms with Crippen LogP contribution < -0.4 is 10.1 Å². The molecule has 6 nitrogen and oxygen atoms in total. The first-order valence-electron chi connectivity index (χ1n) is 11.9. The molecule has 0 aliphatic carbocycles. The van der Waals surface area contributed by atoms with Crippen LogP contribution in [0.15, 0.2) is 48.5 Å². The number of hydrogen-bond donors (Lipinski definition) is 1. The molecule has 1 atom stereocenters. The Kier molecular flexibility index (Phi) is 8.13. The summed E-state index contributed by atoms with van der Waals surface area (Å²) in [6.07, 6.45) is 3.10. The molecule has 8 heteroatoms. The van der Waals surface area contributed by atoms with E-state index < -0.39 is 5.79 Å². The number of nitrogens with zero attached hydrogens (tertiary/aromatic N) is 1. The summed E-state index contributed by atoms with van der Waals surface area (Å²) in [4.78, 5) is 15.0. The first kappa shape index (κ1) is 24.6. The second-order valence-corrected chi connectivity index (χ2v) is 8.76. The number of carbonyl (C=O) groups is 1. The van der Waals surface area contributed by atoms with Crippen molar-refractivity contribution in [1.82, 2.24) is 10.2 Å². The van der Waals surface area contributed by atoms with Crippen molar-refractivity contribution in [3.05, 3.63) is 65.7 Å². The lowest BCUT2D eigenvalue weighted by Gasteiger charge is -2.34. The number of para-hydroxylation sites is 1. The molecule has 2 heterocycles. The van der Waals surface area contributed by atoms with E-state index in [4.69, 9.17) is 14.2 Å². The molecular weight excluding hydrogens is 442 g/mol. The summed E-state index contributed by atoms with van der Waals surface area (Å²) in [7, 11) is 1.79. The number of nitrogens with one attached hydrogen (secondary N) is 1. The molecule has 2 aromatic carbocycles. The van der Waals surface area contributed by atoms with Gasteiger partial charge >= 0.3 is 0 Å². The van der Waals surface area contributed by atoms with E-state index in [1.165, 1.54) is 18.2 Å². The second-order valence-electron chi connectivity index (χ2n) is 8.76. The molecule has 0 saturated carbocycles. The van der Waals surface area contributed by atoms with Crippen LogP contribution in [0.1, 0.15) is 37.7 Å². The second kappa shape index (κ2) is 11.3. The number of halogens is 2. The van der Waals surface area contributed by atoms with Crippen LogP contribution in [0.5, 0.6) is 5.75 Å². The molecule has 2 saturated heterocycles. The Morgan fingerprint density at radius 3 is 2.44 bits per heavy atom. The molecule has 4 rings (SSSR count). The first-order chi connectivity index (χ1) is 16.5. The van der Waals surface area contributed by atoms with Gasteiger partial charge in [0.15, 0.2) is 17.4 Å². The predicted molar refractivity (Wildman–Crippen MR) is 123 cm³/mol. The van der Waals surface area contributed by atoms with Gasteiger partial charge in [-0.2, -0.15) is 0 Å². The molecule has 1 N–H and O–H groups in total. The topological polar surface area (TPSA) is 60.0 Å². The largest absolute Gasteiger partial charge is 0.487 e. The van der Waals surface area contributed by atoms with Gasteiger partial charge in [0, 0.05) is 37.9 Å². The zero-order chi connectivity index (χ0) is 24.0. The fourth-order valence-corrected chi connectivity index (χ4v) is 4.68. The van der Waals surface area contributed by atoms with Crippen LogP contribution in [-0.4, -0.2) is 56.3 Å². The van der Waals surface area contributed by atoms with E-state index in [1.807, 2.05) is 4.90 Å². The van der Waals surface area contributed by atoms with Crippen molar-refractivity contribution in [2.24, 2.45) is 0 Å². The fraction of sp³-hybridized carbons (Fsp3) is 0.500. The van der Waals surface area contributed by atoms with Gasteiger partial charge in [-0.15, -0.1) is 0 Å². The number of likely N-dealkylation sites (tertiary alicyclic amines) is 1. The monoisotopic (exact) mass is 474 g/mol. The molecule has 184 valence electrons. The molecule has 2 aliphatic rings. The van der Waals surface area contributed by atoms with Crippen molar-refractivity contribution in [2.45, 2.75) is 50.0 Å². The van der Waals surface area contributed by atoms with E-state index in [2.05, 4.69) is 5.32 Å². The lowest BCUT2D eigenvalue weighted by molar-refractivity contribution is -0.172. The van der Waals surface area contributed by atoms with Crippen LogP contribution in [0.2, 0.25) is 0 Å². The van der Waals surface area contributed by atoms with Crippen molar-refractivity contribution in [1.29, 1.82) is 0 Å². The Labute approximate surface area is 199 Å². The van der Waals surface area contributed by atoms with Crippen LogP contribution >= 0.6 is 0 Å². The zero-order valence-electron chi connectivity index (χ0n) is 19.5. The summed E-state index contributed by atoms with van der Waals surface area (Å²) in [5.74, 6) is -1.26. The van der Waals surface area contributed by atoms with Gasteiger partial charge in [0.2, 0.25) is 5.91 Å². The third-order valence-corrected chi connectivity index (χ3v) is 6.57. The lowest BCUT2D eigenvalue weighted by atomic mass is 9.97.